The number of carbonyl (C=O) groups excluding carboxylic acids is 1. The van der Waals surface area contributed by atoms with Gasteiger partial charge in [-0.05, 0) is 24.9 Å². The molecule has 4 nitrogen and oxygen atoms in total. The third-order valence-electron chi connectivity index (χ3n) is 3.98. The summed E-state index contributed by atoms with van der Waals surface area (Å²) in [6, 6.07) is 8.47. The lowest BCUT2D eigenvalue weighted by atomic mass is 9.96. The zero-order chi connectivity index (χ0) is 16.9. The van der Waals surface area contributed by atoms with Gasteiger partial charge in [0, 0.05) is 6.54 Å². The van der Waals surface area contributed by atoms with Crippen molar-refractivity contribution in [3.05, 3.63) is 35.9 Å². The van der Waals surface area contributed by atoms with E-state index in [9.17, 15) is 23.1 Å². The number of hydrogen-bond acceptors (Lipinski definition) is 3. The normalized spacial score (nSPS) is 21.0. The van der Waals surface area contributed by atoms with Crippen LogP contribution in [-0.4, -0.2) is 48.3 Å². The Morgan fingerprint density at radius 2 is 2.04 bits per heavy atom. The fourth-order valence-corrected chi connectivity index (χ4v) is 2.88. The van der Waals surface area contributed by atoms with Crippen LogP contribution < -0.4 is 5.32 Å². The molecular weight excluding hydrogens is 309 g/mol. The number of alkyl halides is 3. The maximum Gasteiger partial charge on any atom is 0.401 e. The standard InChI is InChI=1S/C16H21F3N2O2/c17-16(18,19)11-21-8-4-7-13(9-21)15(23)20-14(10-22)12-5-2-1-3-6-12/h1-3,5-6,13-14,22H,4,7-11H2,(H,20,23)/t13-,14+/m1/s1. The summed E-state index contributed by atoms with van der Waals surface area (Å²) in [5.74, 6) is -0.788. The van der Waals surface area contributed by atoms with Crippen molar-refractivity contribution in [1.82, 2.24) is 10.2 Å². The number of nitrogens with zero attached hydrogens (tertiary/aromatic N) is 1. The first-order valence-corrected chi connectivity index (χ1v) is 7.64. The summed E-state index contributed by atoms with van der Waals surface area (Å²) in [6.07, 6.45) is -3.13. The van der Waals surface area contributed by atoms with Crippen molar-refractivity contribution in [3.8, 4) is 0 Å². The van der Waals surface area contributed by atoms with E-state index in [1.807, 2.05) is 6.07 Å². The highest BCUT2D eigenvalue weighted by Crippen LogP contribution is 2.23. The number of rotatable bonds is 5. The number of hydrogen-bond donors (Lipinski definition) is 2. The molecule has 2 atom stereocenters. The largest absolute Gasteiger partial charge is 0.401 e. The Hall–Kier alpha value is -1.60. The molecule has 0 unspecified atom stereocenters. The first-order valence-electron chi connectivity index (χ1n) is 7.64. The van der Waals surface area contributed by atoms with E-state index in [0.717, 1.165) is 5.56 Å². The number of aliphatic hydroxyl groups is 1. The molecule has 2 rings (SSSR count). The van der Waals surface area contributed by atoms with Crippen molar-refractivity contribution < 1.29 is 23.1 Å². The van der Waals surface area contributed by atoms with E-state index in [4.69, 9.17) is 0 Å². The Bertz CT molecular complexity index is 508. The highest BCUT2D eigenvalue weighted by Gasteiger charge is 2.35. The van der Waals surface area contributed by atoms with Gasteiger partial charge >= 0.3 is 6.18 Å². The second-order valence-corrected chi connectivity index (χ2v) is 5.84. The lowest BCUT2D eigenvalue weighted by Crippen LogP contribution is -2.47. The summed E-state index contributed by atoms with van der Waals surface area (Å²) in [6.45, 7) is -0.794. The number of nitrogens with one attached hydrogen (secondary N) is 1. The van der Waals surface area contributed by atoms with Crippen LogP contribution in [-0.2, 0) is 4.79 Å². The Morgan fingerprint density at radius 3 is 2.65 bits per heavy atom. The third kappa shape index (κ3) is 5.51. The Balaban J connectivity index is 1.94. The molecule has 7 heteroatoms. The quantitative estimate of drug-likeness (QED) is 0.869. The summed E-state index contributed by atoms with van der Waals surface area (Å²) < 4.78 is 37.4. The van der Waals surface area contributed by atoms with Crippen LogP contribution in [0.1, 0.15) is 24.4 Å². The fourth-order valence-electron chi connectivity index (χ4n) is 2.88. The molecule has 1 saturated heterocycles. The summed E-state index contributed by atoms with van der Waals surface area (Å²) in [5.41, 5.74) is 0.770. The number of piperidine rings is 1. The lowest BCUT2D eigenvalue weighted by molar-refractivity contribution is -0.152. The molecule has 1 aliphatic heterocycles. The molecule has 1 aromatic carbocycles. The number of aliphatic hydroxyl groups excluding tert-OH is 1. The fraction of sp³-hybridized carbons (Fsp3) is 0.562. The number of likely N-dealkylation sites (tertiary alicyclic amines) is 1. The predicted molar refractivity (Wildman–Crippen MR) is 79.6 cm³/mol. The van der Waals surface area contributed by atoms with Gasteiger partial charge in [0.15, 0.2) is 0 Å². The van der Waals surface area contributed by atoms with Gasteiger partial charge in [-0.25, -0.2) is 0 Å². The molecule has 2 N–H and O–H groups in total. The second-order valence-electron chi connectivity index (χ2n) is 5.84. The topological polar surface area (TPSA) is 52.6 Å². The summed E-state index contributed by atoms with van der Waals surface area (Å²) in [4.78, 5) is 13.6. The maximum absolute atomic E-state index is 12.5. The van der Waals surface area contributed by atoms with Crippen LogP contribution in [0.2, 0.25) is 0 Å². The first kappa shape index (κ1) is 17.7. The maximum atomic E-state index is 12.5. The van der Waals surface area contributed by atoms with Gasteiger partial charge in [-0.1, -0.05) is 30.3 Å². The number of halogens is 3. The average molecular weight is 330 g/mol. The second kappa shape index (κ2) is 7.79. The molecule has 1 amide bonds. The predicted octanol–water partition coefficient (Wildman–Crippen LogP) is 2.11. The van der Waals surface area contributed by atoms with Crippen molar-refractivity contribution in [3.63, 3.8) is 0 Å². The minimum absolute atomic E-state index is 0.0955. The van der Waals surface area contributed by atoms with Crippen LogP contribution in [0.4, 0.5) is 13.2 Å². The van der Waals surface area contributed by atoms with Gasteiger partial charge in [0.1, 0.15) is 0 Å². The minimum atomic E-state index is -4.25. The SMILES string of the molecule is O=C(N[C@@H](CO)c1ccccc1)[C@@H]1CCCN(CC(F)(F)F)C1. The molecule has 1 aromatic rings. The summed E-state index contributed by atoms with van der Waals surface area (Å²) in [5, 5.41) is 12.2. The highest BCUT2D eigenvalue weighted by molar-refractivity contribution is 5.79. The molecule has 1 fully saturated rings. The molecule has 0 aromatic heterocycles. The minimum Gasteiger partial charge on any atom is -0.394 e. The van der Waals surface area contributed by atoms with Gasteiger partial charge in [0.2, 0.25) is 5.91 Å². The van der Waals surface area contributed by atoms with E-state index in [0.29, 0.717) is 19.4 Å². The number of amides is 1. The Labute approximate surface area is 133 Å². The van der Waals surface area contributed by atoms with Crippen LogP contribution in [0.15, 0.2) is 30.3 Å². The Kier molecular flexibility index (Phi) is 6.01. The van der Waals surface area contributed by atoms with E-state index in [-0.39, 0.29) is 19.1 Å². The van der Waals surface area contributed by atoms with Crippen molar-refractivity contribution >= 4 is 5.91 Å². The van der Waals surface area contributed by atoms with E-state index >= 15 is 0 Å². The van der Waals surface area contributed by atoms with Gasteiger partial charge < -0.3 is 10.4 Å². The van der Waals surface area contributed by atoms with E-state index in [2.05, 4.69) is 5.32 Å². The van der Waals surface area contributed by atoms with E-state index < -0.39 is 24.7 Å². The van der Waals surface area contributed by atoms with Crippen molar-refractivity contribution in [2.45, 2.75) is 25.1 Å². The smallest absolute Gasteiger partial charge is 0.394 e. The van der Waals surface area contributed by atoms with Crippen LogP contribution in [0.25, 0.3) is 0 Å². The molecule has 0 spiro atoms. The van der Waals surface area contributed by atoms with Gasteiger partial charge in [-0.2, -0.15) is 13.2 Å². The molecule has 23 heavy (non-hydrogen) atoms. The molecule has 0 radical (unpaired) electrons. The first-order chi connectivity index (χ1) is 10.9. The molecule has 1 heterocycles. The van der Waals surface area contributed by atoms with Crippen molar-refractivity contribution in [2.24, 2.45) is 5.92 Å². The van der Waals surface area contributed by atoms with Crippen LogP contribution >= 0.6 is 0 Å². The molecular formula is C16H21F3N2O2. The van der Waals surface area contributed by atoms with Gasteiger partial charge in [0.05, 0.1) is 25.1 Å². The van der Waals surface area contributed by atoms with Gasteiger partial charge in [0.25, 0.3) is 0 Å². The molecule has 1 aliphatic rings. The molecule has 0 bridgehead atoms. The molecule has 0 saturated carbocycles. The van der Waals surface area contributed by atoms with Crippen LogP contribution in [0.3, 0.4) is 0 Å². The average Bonchev–Trinajstić information content (AvgIpc) is 2.52. The monoisotopic (exact) mass is 330 g/mol. The van der Waals surface area contributed by atoms with Gasteiger partial charge in [-0.15, -0.1) is 0 Å². The summed E-state index contributed by atoms with van der Waals surface area (Å²) in [7, 11) is 0. The molecule has 0 aliphatic carbocycles. The lowest BCUT2D eigenvalue weighted by Gasteiger charge is -2.33. The number of carbonyl (C=O) groups is 1. The highest BCUT2D eigenvalue weighted by atomic mass is 19.4. The zero-order valence-corrected chi connectivity index (χ0v) is 12.7. The van der Waals surface area contributed by atoms with Gasteiger partial charge in [-0.3, -0.25) is 9.69 Å². The molecule has 128 valence electrons. The Morgan fingerprint density at radius 1 is 1.35 bits per heavy atom. The number of benzene rings is 1. The third-order valence-corrected chi connectivity index (χ3v) is 3.98. The van der Waals surface area contributed by atoms with Crippen molar-refractivity contribution in [1.29, 1.82) is 0 Å². The van der Waals surface area contributed by atoms with E-state index in [1.165, 1.54) is 4.90 Å². The summed E-state index contributed by atoms with van der Waals surface area (Å²) >= 11 is 0. The van der Waals surface area contributed by atoms with Crippen LogP contribution in [0, 0.1) is 5.92 Å². The van der Waals surface area contributed by atoms with Crippen LogP contribution in [0.5, 0.6) is 0 Å². The van der Waals surface area contributed by atoms with E-state index in [1.54, 1.807) is 24.3 Å². The zero-order valence-electron chi connectivity index (χ0n) is 12.7. The van der Waals surface area contributed by atoms with Crippen molar-refractivity contribution in [2.75, 3.05) is 26.2 Å².